The molecule has 1 atom stereocenters. The third-order valence-corrected chi connectivity index (χ3v) is 2.17. The molecule has 84 valence electrons. The van der Waals surface area contributed by atoms with E-state index in [1.807, 2.05) is 0 Å². The number of hydrogen-bond acceptors (Lipinski definition) is 1. The number of hydrogen-bond donors (Lipinski definition) is 1. The van der Waals surface area contributed by atoms with E-state index in [2.05, 4.69) is 0 Å². The summed E-state index contributed by atoms with van der Waals surface area (Å²) in [6.07, 6.45) is -4.29. The van der Waals surface area contributed by atoms with Gasteiger partial charge in [-0.1, -0.05) is 19.1 Å². The van der Waals surface area contributed by atoms with Crippen molar-refractivity contribution in [3.63, 3.8) is 0 Å². The summed E-state index contributed by atoms with van der Waals surface area (Å²) in [5.74, 6) is -1.26. The van der Waals surface area contributed by atoms with Gasteiger partial charge in [0.25, 0.3) is 0 Å². The highest BCUT2D eigenvalue weighted by molar-refractivity contribution is 5.30. The molecule has 2 N–H and O–H groups in total. The highest BCUT2D eigenvalue weighted by atomic mass is 19.4. The summed E-state index contributed by atoms with van der Waals surface area (Å²) in [6, 6.07) is 2.45. The van der Waals surface area contributed by atoms with Crippen LogP contribution in [0.3, 0.4) is 0 Å². The Hall–Kier alpha value is -1.10. The second-order valence-electron chi connectivity index (χ2n) is 3.22. The fourth-order valence-electron chi connectivity index (χ4n) is 1.28. The molecule has 0 heterocycles. The first-order valence-electron chi connectivity index (χ1n) is 4.49. The lowest BCUT2D eigenvalue weighted by molar-refractivity contribution is -0.140. The Balaban J connectivity index is 3.23. The summed E-state index contributed by atoms with van der Waals surface area (Å²) in [7, 11) is 0. The zero-order chi connectivity index (χ0) is 11.6. The quantitative estimate of drug-likeness (QED) is 0.762. The fourth-order valence-corrected chi connectivity index (χ4v) is 1.28. The molecule has 0 unspecified atom stereocenters. The van der Waals surface area contributed by atoms with Crippen LogP contribution in [0.1, 0.15) is 30.5 Å². The third-order valence-electron chi connectivity index (χ3n) is 2.17. The average Bonchev–Trinajstić information content (AvgIpc) is 2.15. The van der Waals surface area contributed by atoms with Gasteiger partial charge in [0.15, 0.2) is 0 Å². The summed E-state index contributed by atoms with van der Waals surface area (Å²) >= 11 is 0. The van der Waals surface area contributed by atoms with E-state index in [1.54, 1.807) is 6.92 Å². The molecule has 0 aliphatic heterocycles. The first kappa shape index (κ1) is 12.0. The zero-order valence-corrected chi connectivity index (χ0v) is 8.11. The minimum absolute atomic E-state index is 0.0904. The summed E-state index contributed by atoms with van der Waals surface area (Å²) in [5.41, 5.74) is 4.15. The molecule has 0 amide bonds. The van der Waals surface area contributed by atoms with E-state index in [0.717, 1.165) is 6.07 Å². The molecule has 15 heavy (non-hydrogen) atoms. The van der Waals surface area contributed by atoms with E-state index in [1.165, 1.54) is 6.07 Å². The first-order valence-corrected chi connectivity index (χ1v) is 4.49. The Bertz CT molecular complexity index is 346. The van der Waals surface area contributed by atoms with Crippen LogP contribution in [0, 0.1) is 5.82 Å². The minimum atomic E-state index is -4.67. The van der Waals surface area contributed by atoms with Crippen molar-refractivity contribution >= 4 is 0 Å². The van der Waals surface area contributed by atoms with Crippen molar-refractivity contribution in [2.45, 2.75) is 25.6 Å². The van der Waals surface area contributed by atoms with Crippen molar-refractivity contribution in [1.29, 1.82) is 0 Å². The Morgan fingerprint density at radius 2 is 1.93 bits per heavy atom. The van der Waals surface area contributed by atoms with Crippen molar-refractivity contribution in [3.05, 3.63) is 35.1 Å². The summed E-state index contributed by atoms with van der Waals surface area (Å²) in [4.78, 5) is 0. The van der Waals surface area contributed by atoms with Gasteiger partial charge in [-0.2, -0.15) is 13.2 Å². The van der Waals surface area contributed by atoms with Crippen LogP contribution in [0.4, 0.5) is 17.6 Å². The van der Waals surface area contributed by atoms with Crippen molar-refractivity contribution < 1.29 is 17.6 Å². The Morgan fingerprint density at radius 1 is 1.33 bits per heavy atom. The monoisotopic (exact) mass is 221 g/mol. The van der Waals surface area contributed by atoms with E-state index < -0.39 is 23.6 Å². The molecule has 0 aliphatic carbocycles. The highest BCUT2D eigenvalue weighted by Crippen LogP contribution is 2.33. The molecular formula is C10H11F4N. The van der Waals surface area contributed by atoms with Gasteiger partial charge in [0.1, 0.15) is 5.82 Å². The SMILES string of the molecule is CC[C@@H](N)c1cccc(C(F)(F)F)c1F. The summed E-state index contributed by atoms with van der Waals surface area (Å²) in [6.45, 7) is 1.68. The van der Waals surface area contributed by atoms with E-state index in [9.17, 15) is 17.6 Å². The molecule has 0 aliphatic rings. The summed E-state index contributed by atoms with van der Waals surface area (Å²) in [5, 5.41) is 0. The number of nitrogens with two attached hydrogens (primary N) is 1. The number of alkyl halides is 3. The molecule has 1 nitrogen and oxygen atoms in total. The van der Waals surface area contributed by atoms with Gasteiger partial charge in [0.2, 0.25) is 0 Å². The van der Waals surface area contributed by atoms with Crippen molar-refractivity contribution in [2.24, 2.45) is 5.73 Å². The topological polar surface area (TPSA) is 26.0 Å². The maximum Gasteiger partial charge on any atom is 0.419 e. The molecule has 0 bridgehead atoms. The van der Waals surface area contributed by atoms with Gasteiger partial charge in [-0.05, 0) is 12.5 Å². The highest BCUT2D eigenvalue weighted by Gasteiger charge is 2.35. The standard InChI is InChI=1S/C10H11F4N/c1-2-8(15)6-4-3-5-7(9(6)11)10(12,13)14/h3-5,8H,2,15H2,1H3/t8-/m1/s1. The van der Waals surface area contributed by atoms with Crippen LogP contribution in [0.15, 0.2) is 18.2 Å². The Labute approximate surface area is 84.9 Å². The van der Waals surface area contributed by atoms with Crippen LogP contribution in [-0.2, 0) is 6.18 Å². The maximum atomic E-state index is 13.4. The molecule has 0 saturated carbocycles. The number of halogens is 4. The lowest BCUT2D eigenvalue weighted by Crippen LogP contribution is -2.15. The zero-order valence-electron chi connectivity index (χ0n) is 8.11. The Kier molecular flexibility index (Phi) is 3.34. The lowest BCUT2D eigenvalue weighted by atomic mass is 10.0. The molecular weight excluding hydrogens is 210 g/mol. The van der Waals surface area contributed by atoms with E-state index in [0.29, 0.717) is 12.5 Å². The minimum Gasteiger partial charge on any atom is -0.324 e. The van der Waals surface area contributed by atoms with Crippen molar-refractivity contribution in [1.82, 2.24) is 0 Å². The van der Waals surface area contributed by atoms with Gasteiger partial charge in [0.05, 0.1) is 5.56 Å². The number of benzene rings is 1. The Morgan fingerprint density at radius 3 is 2.40 bits per heavy atom. The summed E-state index contributed by atoms with van der Waals surface area (Å²) < 4.78 is 50.4. The number of rotatable bonds is 2. The largest absolute Gasteiger partial charge is 0.419 e. The van der Waals surface area contributed by atoms with Crippen LogP contribution in [0.2, 0.25) is 0 Å². The predicted molar refractivity (Wildman–Crippen MR) is 48.6 cm³/mol. The van der Waals surface area contributed by atoms with Gasteiger partial charge in [-0.25, -0.2) is 4.39 Å². The molecule has 0 fully saturated rings. The van der Waals surface area contributed by atoms with Crippen LogP contribution in [0.5, 0.6) is 0 Å². The van der Waals surface area contributed by atoms with Gasteiger partial charge in [-0.15, -0.1) is 0 Å². The average molecular weight is 221 g/mol. The van der Waals surface area contributed by atoms with Crippen LogP contribution in [-0.4, -0.2) is 0 Å². The predicted octanol–water partition coefficient (Wildman–Crippen LogP) is 3.25. The van der Waals surface area contributed by atoms with Crippen LogP contribution in [0.25, 0.3) is 0 Å². The molecule has 0 aromatic heterocycles. The van der Waals surface area contributed by atoms with Gasteiger partial charge >= 0.3 is 6.18 Å². The molecule has 5 heteroatoms. The second kappa shape index (κ2) is 4.18. The fraction of sp³-hybridized carbons (Fsp3) is 0.400. The van der Waals surface area contributed by atoms with E-state index in [4.69, 9.17) is 5.73 Å². The normalized spacial score (nSPS) is 14.0. The molecule has 1 aromatic rings. The van der Waals surface area contributed by atoms with Gasteiger partial charge in [-0.3, -0.25) is 0 Å². The molecule has 0 spiro atoms. The van der Waals surface area contributed by atoms with E-state index >= 15 is 0 Å². The van der Waals surface area contributed by atoms with Crippen LogP contribution >= 0.6 is 0 Å². The third kappa shape index (κ3) is 2.47. The molecule has 1 rings (SSSR count). The van der Waals surface area contributed by atoms with Gasteiger partial charge in [0, 0.05) is 11.6 Å². The lowest BCUT2D eigenvalue weighted by Gasteiger charge is -2.14. The van der Waals surface area contributed by atoms with E-state index in [-0.39, 0.29) is 5.56 Å². The molecule has 0 radical (unpaired) electrons. The van der Waals surface area contributed by atoms with Gasteiger partial charge < -0.3 is 5.73 Å². The smallest absolute Gasteiger partial charge is 0.324 e. The first-order chi connectivity index (χ1) is 6.88. The molecule has 0 saturated heterocycles. The van der Waals surface area contributed by atoms with Crippen molar-refractivity contribution in [3.8, 4) is 0 Å². The van der Waals surface area contributed by atoms with Crippen LogP contribution < -0.4 is 5.73 Å². The second-order valence-corrected chi connectivity index (χ2v) is 3.22. The van der Waals surface area contributed by atoms with Crippen molar-refractivity contribution in [2.75, 3.05) is 0 Å². The molecule has 1 aromatic carbocycles. The maximum absolute atomic E-state index is 13.4.